The molecule has 2 fully saturated rings. The second kappa shape index (κ2) is 4.77. The van der Waals surface area contributed by atoms with E-state index < -0.39 is 0 Å². The van der Waals surface area contributed by atoms with Crippen molar-refractivity contribution in [1.29, 1.82) is 5.26 Å². The van der Waals surface area contributed by atoms with Crippen molar-refractivity contribution in [2.45, 2.75) is 44.6 Å². The van der Waals surface area contributed by atoms with Crippen LogP contribution in [0, 0.1) is 17.2 Å². The first kappa shape index (κ1) is 9.95. The molecule has 0 aromatic rings. The van der Waals surface area contributed by atoms with Crippen LogP contribution >= 0.6 is 0 Å². The van der Waals surface area contributed by atoms with Gasteiger partial charge in [-0.1, -0.05) is 12.8 Å². The van der Waals surface area contributed by atoms with Gasteiger partial charge in [-0.3, -0.25) is 4.84 Å². The highest BCUT2D eigenvalue weighted by Crippen LogP contribution is 2.29. The standard InChI is InChI=1S/C11H18N2O/c12-9-10-5-1-2-6-11(10)13-7-3-4-8-14-13/h10-11H,1-8H2. The first-order chi connectivity index (χ1) is 6.92. The van der Waals surface area contributed by atoms with Crippen molar-refractivity contribution < 1.29 is 4.84 Å². The predicted octanol–water partition coefficient (Wildman–Crippen LogP) is 2.10. The molecule has 0 aromatic heterocycles. The van der Waals surface area contributed by atoms with Gasteiger partial charge in [-0.15, -0.1) is 0 Å². The maximum absolute atomic E-state index is 9.06. The van der Waals surface area contributed by atoms with Crippen LogP contribution in [0.15, 0.2) is 0 Å². The van der Waals surface area contributed by atoms with E-state index in [1.807, 2.05) is 0 Å². The Hall–Kier alpha value is -0.590. The molecule has 0 bridgehead atoms. The predicted molar refractivity (Wildman–Crippen MR) is 53.3 cm³/mol. The van der Waals surface area contributed by atoms with Crippen LogP contribution in [0.3, 0.4) is 0 Å². The van der Waals surface area contributed by atoms with Gasteiger partial charge < -0.3 is 0 Å². The minimum Gasteiger partial charge on any atom is -0.299 e. The van der Waals surface area contributed by atoms with Crippen LogP contribution in [-0.2, 0) is 4.84 Å². The van der Waals surface area contributed by atoms with Crippen molar-refractivity contribution in [2.75, 3.05) is 13.2 Å². The Kier molecular flexibility index (Phi) is 3.39. The number of nitriles is 1. The maximum Gasteiger partial charge on any atom is 0.0685 e. The molecule has 78 valence electrons. The van der Waals surface area contributed by atoms with Gasteiger partial charge in [0.05, 0.1) is 24.6 Å². The fourth-order valence-electron chi connectivity index (χ4n) is 2.48. The van der Waals surface area contributed by atoms with Crippen LogP contribution in [-0.4, -0.2) is 24.3 Å². The molecule has 1 aliphatic heterocycles. The second-order valence-electron chi connectivity index (χ2n) is 4.27. The van der Waals surface area contributed by atoms with E-state index in [0.29, 0.717) is 6.04 Å². The van der Waals surface area contributed by atoms with E-state index in [-0.39, 0.29) is 5.92 Å². The number of hydrogen-bond acceptors (Lipinski definition) is 3. The molecular weight excluding hydrogens is 176 g/mol. The highest BCUT2D eigenvalue weighted by atomic mass is 16.7. The minimum atomic E-state index is 0.196. The molecule has 0 aromatic carbocycles. The van der Waals surface area contributed by atoms with Gasteiger partial charge in [0, 0.05) is 6.54 Å². The third-order valence-electron chi connectivity index (χ3n) is 3.30. The van der Waals surface area contributed by atoms with Gasteiger partial charge in [0.1, 0.15) is 0 Å². The van der Waals surface area contributed by atoms with Crippen LogP contribution in [0.4, 0.5) is 0 Å². The lowest BCUT2D eigenvalue weighted by atomic mass is 9.85. The second-order valence-corrected chi connectivity index (χ2v) is 4.27. The third kappa shape index (κ3) is 2.08. The Balaban J connectivity index is 1.95. The smallest absolute Gasteiger partial charge is 0.0685 e. The summed E-state index contributed by atoms with van der Waals surface area (Å²) in [5.74, 6) is 0.196. The van der Waals surface area contributed by atoms with Crippen molar-refractivity contribution in [1.82, 2.24) is 5.06 Å². The number of rotatable bonds is 1. The van der Waals surface area contributed by atoms with Gasteiger partial charge in [0.25, 0.3) is 0 Å². The Bertz CT molecular complexity index is 218. The van der Waals surface area contributed by atoms with E-state index >= 15 is 0 Å². The summed E-state index contributed by atoms with van der Waals surface area (Å²) < 4.78 is 0. The summed E-state index contributed by atoms with van der Waals surface area (Å²) in [7, 11) is 0. The number of hydroxylamine groups is 2. The third-order valence-corrected chi connectivity index (χ3v) is 3.30. The maximum atomic E-state index is 9.06. The summed E-state index contributed by atoms with van der Waals surface area (Å²) in [5.41, 5.74) is 0. The molecule has 3 heteroatoms. The van der Waals surface area contributed by atoms with Gasteiger partial charge in [-0.05, 0) is 25.7 Å². The van der Waals surface area contributed by atoms with Gasteiger partial charge in [-0.2, -0.15) is 10.3 Å². The lowest BCUT2D eigenvalue weighted by molar-refractivity contribution is -0.217. The van der Waals surface area contributed by atoms with Crippen molar-refractivity contribution in [2.24, 2.45) is 5.92 Å². The zero-order chi connectivity index (χ0) is 9.80. The fourth-order valence-corrected chi connectivity index (χ4v) is 2.48. The van der Waals surface area contributed by atoms with Crippen molar-refractivity contribution in [3.8, 4) is 6.07 Å². The minimum absolute atomic E-state index is 0.196. The van der Waals surface area contributed by atoms with Gasteiger partial charge in [0.15, 0.2) is 0 Å². The lowest BCUT2D eigenvalue weighted by Gasteiger charge is -2.38. The largest absolute Gasteiger partial charge is 0.299 e. The van der Waals surface area contributed by atoms with Crippen molar-refractivity contribution in [3.63, 3.8) is 0 Å². The molecule has 2 unspecified atom stereocenters. The number of nitrogens with zero attached hydrogens (tertiary/aromatic N) is 2. The quantitative estimate of drug-likeness (QED) is 0.641. The highest BCUT2D eigenvalue weighted by Gasteiger charge is 2.31. The van der Waals surface area contributed by atoms with Crippen molar-refractivity contribution >= 4 is 0 Å². The fraction of sp³-hybridized carbons (Fsp3) is 0.909. The van der Waals surface area contributed by atoms with Gasteiger partial charge in [-0.25, -0.2) is 0 Å². The number of hydrogen-bond donors (Lipinski definition) is 0. The van der Waals surface area contributed by atoms with Crippen LogP contribution in [0.5, 0.6) is 0 Å². The molecule has 14 heavy (non-hydrogen) atoms. The summed E-state index contributed by atoms with van der Waals surface area (Å²) in [6, 6.07) is 2.80. The Morgan fingerprint density at radius 3 is 2.71 bits per heavy atom. The lowest BCUT2D eigenvalue weighted by Crippen LogP contribution is -2.44. The molecule has 2 rings (SSSR count). The van der Waals surface area contributed by atoms with E-state index in [1.165, 1.54) is 25.7 Å². The Morgan fingerprint density at radius 1 is 1.14 bits per heavy atom. The molecular formula is C11H18N2O. The molecule has 2 atom stereocenters. The molecule has 3 nitrogen and oxygen atoms in total. The van der Waals surface area contributed by atoms with Crippen LogP contribution in [0.25, 0.3) is 0 Å². The average Bonchev–Trinajstić information content (AvgIpc) is 2.30. The molecule has 0 spiro atoms. The summed E-state index contributed by atoms with van der Waals surface area (Å²) in [5, 5.41) is 11.1. The Labute approximate surface area is 85.6 Å². The molecule has 0 N–H and O–H groups in total. The van der Waals surface area contributed by atoms with Crippen LogP contribution < -0.4 is 0 Å². The molecule has 1 heterocycles. The molecule has 1 saturated heterocycles. The van der Waals surface area contributed by atoms with E-state index in [2.05, 4.69) is 11.1 Å². The van der Waals surface area contributed by atoms with Crippen LogP contribution in [0.2, 0.25) is 0 Å². The monoisotopic (exact) mass is 194 g/mol. The summed E-state index contributed by atoms with van der Waals surface area (Å²) in [4.78, 5) is 5.63. The van der Waals surface area contributed by atoms with Gasteiger partial charge >= 0.3 is 0 Å². The molecule has 1 saturated carbocycles. The normalized spacial score (nSPS) is 35.1. The summed E-state index contributed by atoms with van der Waals surface area (Å²) in [6.07, 6.45) is 7.04. The van der Waals surface area contributed by atoms with E-state index in [1.54, 1.807) is 0 Å². The highest BCUT2D eigenvalue weighted by molar-refractivity contribution is 4.94. The zero-order valence-corrected chi connectivity index (χ0v) is 8.61. The van der Waals surface area contributed by atoms with E-state index in [0.717, 1.165) is 26.0 Å². The molecule has 0 amide bonds. The van der Waals surface area contributed by atoms with Crippen LogP contribution in [0.1, 0.15) is 38.5 Å². The first-order valence-corrected chi connectivity index (χ1v) is 5.71. The zero-order valence-electron chi connectivity index (χ0n) is 8.61. The average molecular weight is 194 g/mol. The topological polar surface area (TPSA) is 36.3 Å². The summed E-state index contributed by atoms with van der Waals surface area (Å²) in [6.45, 7) is 1.86. The molecule has 2 aliphatic rings. The van der Waals surface area contributed by atoms with Crippen molar-refractivity contribution in [3.05, 3.63) is 0 Å². The van der Waals surface area contributed by atoms with E-state index in [4.69, 9.17) is 10.1 Å². The Morgan fingerprint density at radius 2 is 2.00 bits per heavy atom. The SMILES string of the molecule is N#CC1CCCCC1N1CCCCO1. The van der Waals surface area contributed by atoms with E-state index in [9.17, 15) is 0 Å². The molecule has 1 aliphatic carbocycles. The molecule has 0 radical (unpaired) electrons. The van der Waals surface area contributed by atoms with Gasteiger partial charge in [0.2, 0.25) is 0 Å². The summed E-state index contributed by atoms with van der Waals surface area (Å²) >= 11 is 0. The first-order valence-electron chi connectivity index (χ1n) is 5.71.